The van der Waals surface area contributed by atoms with Crippen molar-refractivity contribution in [2.75, 3.05) is 26.1 Å². The van der Waals surface area contributed by atoms with Gasteiger partial charge in [-0.1, -0.05) is 12.1 Å². The topological polar surface area (TPSA) is 76.7 Å². The molecule has 9 heteroatoms. The molecule has 2 aromatic rings. The molecule has 2 amide bonds. The van der Waals surface area contributed by atoms with Gasteiger partial charge in [0.2, 0.25) is 11.8 Å². The minimum atomic E-state index is -4.51. The van der Waals surface area contributed by atoms with Crippen LogP contribution in [-0.4, -0.2) is 32.6 Å². The Morgan fingerprint density at radius 1 is 0.964 bits per heavy atom. The van der Waals surface area contributed by atoms with Crippen LogP contribution in [0.5, 0.6) is 11.5 Å². The van der Waals surface area contributed by atoms with Crippen molar-refractivity contribution in [1.82, 2.24) is 5.32 Å². The van der Waals surface area contributed by atoms with E-state index >= 15 is 0 Å². The van der Waals surface area contributed by atoms with Gasteiger partial charge in [0.05, 0.1) is 32.7 Å². The van der Waals surface area contributed by atoms with Crippen LogP contribution in [0.25, 0.3) is 0 Å². The quantitative estimate of drug-likeness (QED) is 0.754. The van der Waals surface area contributed by atoms with Crippen molar-refractivity contribution >= 4 is 17.5 Å². The highest BCUT2D eigenvalue weighted by Crippen LogP contribution is 2.30. The molecule has 150 valence electrons. The van der Waals surface area contributed by atoms with E-state index in [1.54, 1.807) is 18.2 Å². The summed E-state index contributed by atoms with van der Waals surface area (Å²) in [6, 6.07) is 9.23. The number of nitrogens with one attached hydrogen (secondary N) is 2. The van der Waals surface area contributed by atoms with Crippen LogP contribution >= 0.6 is 0 Å². The van der Waals surface area contributed by atoms with Gasteiger partial charge in [0.1, 0.15) is 0 Å². The van der Waals surface area contributed by atoms with Gasteiger partial charge in [0.25, 0.3) is 0 Å². The van der Waals surface area contributed by atoms with Gasteiger partial charge in [0, 0.05) is 5.69 Å². The Hall–Kier alpha value is -3.23. The minimum Gasteiger partial charge on any atom is -0.493 e. The summed E-state index contributed by atoms with van der Waals surface area (Å²) in [5.74, 6) is -0.0754. The molecule has 0 fully saturated rings. The van der Waals surface area contributed by atoms with Gasteiger partial charge in [0.15, 0.2) is 11.5 Å². The Labute approximate surface area is 159 Å². The molecular formula is C19H19F3N2O4. The first kappa shape index (κ1) is 21.1. The molecule has 0 aliphatic heterocycles. The molecule has 0 saturated heterocycles. The second-order valence-corrected chi connectivity index (χ2v) is 5.77. The normalized spacial score (nSPS) is 10.9. The van der Waals surface area contributed by atoms with E-state index in [1.807, 2.05) is 0 Å². The average molecular weight is 396 g/mol. The fraction of sp³-hybridized carbons (Fsp3) is 0.263. The Morgan fingerprint density at radius 3 is 2.32 bits per heavy atom. The molecule has 0 bridgehead atoms. The first-order chi connectivity index (χ1) is 13.2. The molecule has 2 N–H and O–H groups in total. The number of carbonyl (C=O) groups is 2. The SMILES string of the molecule is COc1ccc(CC(=O)NCC(=O)Nc2cccc(C(F)(F)F)c2)cc1OC. The number of ether oxygens (including phenoxy) is 2. The van der Waals surface area contributed by atoms with Gasteiger partial charge < -0.3 is 20.1 Å². The fourth-order valence-corrected chi connectivity index (χ4v) is 2.40. The van der Waals surface area contributed by atoms with E-state index < -0.39 is 23.6 Å². The van der Waals surface area contributed by atoms with Crippen molar-refractivity contribution in [3.8, 4) is 11.5 Å². The molecule has 28 heavy (non-hydrogen) atoms. The standard InChI is InChI=1S/C19H19F3N2O4/c1-27-15-7-6-12(8-16(15)28-2)9-17(25)23-11-18(26)24-14-5-3-4-13(10-14)19(20,21)22/h3-8,10H,9,11H2,1-2H3,(H,23,25)(H,24,26). The molecule has 0 aliphatic rings. The molecule has 2 aromatic carbocycles. The predicted octanol–water partition coefficient (Wildman–Crippen LogP) is 3.02. The second kappa shape index (κ2) is 9.12. The summed E-state index contributed by atoms with van der Waals surface area (Å²) < 4.78 is 48.3. The number of hydrogen-bond donors (Lipinski definition) is 2. The summed E-state index contributed by atoms with van der Waals surface area (Å²) in [6.45, 7) is -0.373. The van der Waals surface area contributed by atoms with Crippen LogP contribution < -0.4 is 20.1 Å². The zero-order valence-corrected chi connectivity index (χ0v) is 15.2. The summed E-state index contributed by atoms with van der Waals surface area (Å²) >= 11 is 0. The van der Waals surface area contributed by atoms with Crippen LogP contribution in [0.15, 0.2) is 42.5 Å². The van der Waals surface area contributed by atoms with Crippen molar-refractivity contribution in [2.24, 2.45) is 0 Å². The summed E-state index contributed by atoms with van der Waals surface area (Å²) in [5, 5.41) is 4.73. The van der Waals surface area contributed by atoms with E-state index in [4.69, 9.17) is 9.47 Å². The molecule has 0 unspecified atom stereocenters. The number of alkyl halides is 3. The largest absolute Gasteiger partial charge is 0.493 e. The molecule has 6 nitrogen and oxygen atoms in total. The Balaban J connectivity index is 1.88. The number of methoxy groups -OCH3 is 2. The van der Waals surface area contributed by atoms with Crippen LogP contribution in [0.1, 0.15) is 11.1 Å². The zero-order chi connectivity index (χ0) is 20.7. The molecular weight excluding hydrogens is 377 g/mol. The number of benzene rings is 2. The highest BCUT2D eigenvalue weighted by atomic mass is 19.4. The molecule has 0 radical (unpaired) electrons. The molecule has 0 heterocycles. The fourth-order valence-electron chi connectivity index (χ4n) is 2.40. The lowest BCUT2D eigenvalue weighted by atomic mass is 10.1. The van der Waals surface area contributed by atoms with E-state index in [1.165, 1.54) is 26.4 Å². The Kier molecular flexibility index (Phi) is 6.86. The van der Waals surface area contributed by atoms with Crippen molar-refractivity contribution in [3.05, 3.63) is 53.6 Å². The summed E-state index contributed by atoms with van der Waals surface area (Å²) in [6.07, 6.45) is -4.51. The average Bonchev–Trinajstić information content (AvgIpc) is 2.66. The Bertz CT molecular complexity index is 853. The lowest BCUT2D eigenvalue weighted by Gasteiger charge is -2.11. The number of amides is 2. The summed E-state index contributed by atoms with van der Waals surface area (Å²) in [4.78, 5) is 23.9. The molecule has 0 aromatic heterocycles. The lowest BCUT2D eigenvalue weighted by Crippen LogP contribution is -2.33. The van der Waals surface area contributed by atoms with Gasteiger partial charge in [-0.2, -0.15) is 13.2 Å². The van der Waals surface area contributed by atoms with Gasteiger partial charge in [-0.25, -0.2) is 0 Å². The maximum Gasteiger partial charge on any atom is 0.416 e. The maximum atomic E-state index is 12.7. The monoisotopic (exact) mass is 396 g/mol. The molecule has 0 spiro atoms. The van der Waals surface area contributed by atoms with Crippen LogP contribution in [0.3, 0.4) is 0 Å². The highest BCUT2D eigenvalue weighted by molar-refractivity contribution is 5.94. The van der Waals surface area contributed by atoms with Crippen LogP contribution in [-0.2, 0) is 22.2 Å². The van der Waals surface area contributed by atoms with E-state index in [0.29, 0.717) is 17.1 Å². The lowest BCUT2D eigenvalue weighted by molar-refractivity contribution is -0.137. The second-order valence-electron chi connectivity index (χ2n) is 5.77. The van der Waals surface area contributed by atoms with Gasteiger partial charge >= 0.3 is 6.18 Å². The minimum absolute atomic E-state index is 0.00278. The van der Waals surface area contributed by atoms with Gasteiger partial charge in [-0.3, -0.25) is 9.59 Å². The van der Waals surface area contributed by atoms with Crippen LogP contribution in [0.2, 0.25) is 0 Å². The number of rotatable bonds is 7. The molecule has 0 atom stereocenters. The van der Waals surface area contributed by atoms with Gasteiger partial charge in [-0.05, 0) is 35.9 Å². The van der Waals surface area contributed by atoms with Gasteiger partial charge in [-0.15, -0.1) is 0 Å². The number of carbonyl (C=O) groups excluding carboxylic acids is 2. The Morgan fingerprint density at radius 2 is 1.68 bits per heavy atom. The van der Waals surface area contributed by atoms with E-state index in [9.17, 15) is 22.8 Å². The van der Waals surface area contributed by atoms with Crippen LogP contribution in [0, 0.1) is 0 Å². The maximum absolute atomic E-state index is 12.7. The first-order valence-electron chi connectivity index (χ1n) is 8.17. The van der Waals surface area contributed by atoms with Crippen molar-refractivity contribution < 1.29 is 32.2 Å². The summed E-state index contributed by atoms with van der Waals surface area (Å²) in [5.41, 5.74) is -0.231. The number of halogens is 3. The summed E-state index contributed by atoms with van der Waals surface area (Å²) in [7, 11) is 2.97. The van der Waals surface area contributed by atoms with Crippen molar-refractivity contribution in [2.45, 2.75) is 12.6 Å². The van der Waals surface area contributed by atoms with Crippen molar-refractivity contribution in [3.63, 3.8) is 0 Å². The third-order valence-electron chi connectivity index (χ3n) is 3.73. The van der Waals surface area contributed by atoms with E-state index in [0.717, 1.165) is 12.1 Å². The number of hydrogen-bond acceptors (Lipinski definition) is 4. The molecule has 2 rings (SSSR count). The molecule has 0 saturated carbocycles. The number of anilines is 1. The highest BCUT2D eigenvalue weighted by Gasteiger charge is 2.30. The third-order valence-corrected chi connectivity index (χ3v) is 3.73. The third kappa shape index (κ3) is 5.90. The van der Waals surface area contributed by atoms with E-state index in [2.05, 4.69) is 10.6 Å². The van der Waals surface area contributed by atoms with Crippen LogP contribution in [0.4, 0.5) is 18.9 Å². The van der Waals surface area contributed by atoms with Crippen molar-refractivity contribution in [1.29, 1.82) is 0 Å². The predicted molar refractivity (Wildman–Crippen MR) is 96.3 cm³/mol. The molecule has 0 aliphatic carbocycles. The first-order valence-corrected chi connectivity index (χ1v) is 8.17. The van der Waals surface area contributed by atoms with E-state index in [-0.39, 0.29) is 18.7 Å². The smallest absolute Gasteiger partial charge is 0.416 e. The zero-order valence-electron chi connectivity index (χ0n) is 15.2.